The Kier molecular flexibility index (Phi) is 6.87. The second kappa shape index (κ2) is 10.5. The van der Waals surface area contributed by atoms with E-state index >= 15 is 0 Å². The van der Waals surface area contributed by atoms with Crippen LogP contribution in [-0.2, 0) is 4.79 Å². The smallest absolute Gasteiger partial charge is 0.255 e. The standard InChI is InChI=1S/C30H25N3O2S/c1-20-7-5-10-23(17-20)29(34)32-24-11-6-12-26(18-24)36-28(22-8-3-2-4-9-22)30(35)33-25-14-13-21-15-16-31-27(21)19-25/h2-19,28,31H,1H3,(H,32,34)(H,33,35). The van der Waals surface area contributed by atoms with E-state index < -0.39 is 5.25 Å². The molecule has 4 aromatic carbocycles. The number of nitrogens with one attached hydrogen (secondary N) is 3. The average Bonchev–Trinajstić information content (AvgIpc) is 3.36. The van der Waals surface area contributed by atoms with Crippen molar-refractivity contribution in [2.24, 2.45) is 0 Å². The number of amides is 2. The summed E-state index contributed by atoms with van der Waals surface area (Å²) in [5.74, 6) is -0.288. The normalized spacial score (nSPS) is 11.7. The second-order valence-electron chi connectivity index (χ2n) is 8.53. The number of aryl methyl sites for hydroxylation is 1. The van der Waals surface area contributed by atoms with Crippen molar-refractivity contribution >= 4 is 45.9 Å². The van der Waals surface area contributed by atoms with Crippen LogP contribution in [0.1, 0.15) is 26.7 Å². The Labute approximate surface area is 213 Å². The van der Waals surface area contributed by atoms with E-state index in [2.05, 4.69) is 15.6 Å². The lowest BCUT2D eigenvalue weighted by Crippen LogP contribution is -2.19. The Morgan fingerprint density at radius 3 is 2.42 bits per heavy atom. The van der Waals surface area contributed by atoms with Gasteiger partial charge in [-0.05, 0) is 66.4 Å². The lowest BCUT2D eigenvalue weighted by molar-refractivity contribution is -0.115. The first-order chi connectivity index (χ1) is 17.5. The van der Waals surface area contributed by atoms with Gasteiger partial charge in [-0.2, -0.15) is 0 Å². The Bertz CT molecular complexity index is 1530. The van der Waals surface area contributed by atoms with Gasteiger partial charge in [-0.3, -0.25) is 9.59 Å². The minimum atomic E-state index is -0.478. The van der Waals surface area contributed by atoms with Crippen molar-refractivity contribution < 1.29 is 9.59 Å². The van der Waals surface area contributed by atoms with E-state index in [1.807, 2.05) is 110 Å². The quantitative estimate of drug-likeness (QED) is 0.211. The van der Waals surface area contributed by atoms with E-state index in [1.165, 1.54) is 11.8 Å². The van der Waals surface area contributed by atoms with Crippen LogP contribution in [0.3, 0.4) is 0 Å². The van der Waals surface area contributed by atoms with Crippen LogP contribution in [-0.4, -0.2) is 16.8 Å². The molecule has 5 rings (SSSR count). The van der Waals surface area contributed by atoms with E-state index in [0.717, 1.165) is 32.6 Å². The monoisotopic (exact) mass is 491 g/mol. The average molecular weight is 492 g/mol. The summed E-state index contributed by atoms with van der Waals surface area (Å²) in [7, 11) is 0. The fraction of sp³-hybridized carbons (Fsp3) is 0.0667. The van der Waals surface area contributed by atoms with Gasteiger partial charge >= 0.3 is 0 Å². The fourth-order valence-electron chi connectivity index (χ4n) is 4.01. The van der Waals surface area contributed by atoms with E-state index in [9.17, 15) is 9.59 Å². The van der Waals surface area contributed by atoms with E-state index in [-0.39, 0.29) is 11.8 Å². The molecule has 0 aliphatic carbocycles. The van der Waals surface area contributed by atoms with Crippen molar-refractivity contribution in [3.05, 3.63) is 126 Å². The molecule has 0 spiro atoms. The number of benzene rings is 4. The first-order valence-corrected chi connectivity index (χ1v) is 12.5. The molecule has 0 aliphatic rings. The van der Waals surface area contributed by atoms with Crippen LogP contribution in [0.5, 0.6) is 0 Å². The molecule has 6 heteroatoms. The summed E-state index contributed by atoms with van der Waals surface area (Å²) in [6.07, 6.45) is 1.88. The zero-order chi connectivity index (χ0) is 24.9. The van der Waals surface area contributed by atoms with Gasteiger partial charge in [0.2, 0.25) is 5.91 Å². The van der Waals surface area contributed by atoms with Crippen LogP contribution >= 0.6 is 11.8 Å². The fourth-order valence-corrected chi connectivity index (χ4v) is 5.09. The molecule has 36 heavy (non-hydrogen) atoms. The summed E-state index contributed by atoms with van der Waals surface area (Å²) >= 11 is 1.44. The van der Waals surface area contributed by atoms with Crippen molar-refractivity contribution in [2.45, 2.75) is 17.1 Å². The van der Waals surface area contributed by atoms with Gasteiger partial charge in [-0.25, -0.2) is 0 Å². The molecule has 1 atom stereocenters. The Morgan fingerprint density at radius 1 is 0.778 bits per heavy atom. The highest BCUT2D eigenvalue weighted by atomic mass is 32.2. The minimum absolute atomic E-state index is 0.119. The van der Waals surface area contributed by atoms with Crippen molar-refractivity contribution in [1.29, 1.82) is 0 Å². The zero-order valence-corrected chi connectivity index (χ0v) is 20.5. The van der Waals surface area contributed by atoms with Gasteiger partial charge in [0.1, 0.15) is 5.25 Å². The number of H-pyrrole nitrogens is 1. The third kappa shape index (κ3) is 5.50. The third-order valence-corrected chi connectivity index (χ3v) is 7.04. The van der Waals surface area contributed by atoms with Crippen LogP contribution in [0.2, 0.25) is 0 Å². The highest BCUT2D eigenvalue weighted by Gasteiger charge is 2.22. The molecule has 1 unspecified atom stereocenters. The number of hydrogen-bond donors (Lipinski definition) is 3. The van der Waals surface area contributed by atoms with Crippen LogP contribution < -0.4 is 10.6 Å². The summed E-state index contributed by atoms with van der Waals surface area (Å²) in [5, 5.41) is 6.64. The maximum absolute atomic E-state index is 13.5. The topological polar surface area (TPSA) is 74.0 Å². The van der Waals surface area contributed by atoms with E-state index in [1.54, 1.807) is 6.07 Å². The molecule has 0 bridgehead atoms. The predicted octanol–water partition coefficient (Wildman–Crippen LogP) is 7.20. The number of rotatable bonds is 7. The Morgan fingerprint density at radius 2 is 1.58 bits per heavy atom. The number of carbonyl (C=O) groups is 2. The lowest BCUT2D eigenvalue weighted by Gasteiger charge is -2.18. The molecule has 0 radical (unpaired) electrons. The Hall–Kier alpha value is -4.29. The van der Waals surface area contributed by atoms with Crippen LogP contribution in [0.15, 0.2) is 114 Å². The summed E-state index contributed by atoms with van der Waals surface area (Å²) in [4.78, 5) is 30.2. The van der Waals surface area contributed by atoms with Gasteiger partial charge in [0.25, 0.3) is 5.91 Å². The molecule has 178 valence electrons. The lowest BCUT2D eigenvalue weighted by atomic mass is 10.1. The van der Waals surface area contributed by atoms with Crippen molar-refractivity contribution in [3.63, 3.8) is 0 Å². The van der Waals surface area contributed by atoms with Crippen LogP contribution in [0, 0.1) is 6.92 Å². The summed E-state index contributed by atoms with van der Waals surface area (Å²) in [6.45, 7) is 1.96. The molecule has 3 N–H and O–H groups in total. The molecule has 1 heterocycles. The number of aromatic amines is 1. The number of thioether (sulfide) groups is 1. The number of fused-ring (bicyclic) bond motifs is 1. The molecule has 1 aromatic heterocycles. The minimum Gasteiger partial charge on any atom is -0.361 e. The molecular weight excluding hydrogens is 466 g/mol. The first-order valence-electron chi connectivity index (χ1n) is 11.6. The van der Waals surface area contributed by atoms with E-state index in [0.29, 0.717) is 11.3 Å². The molecule has 0 fully saturated rings. The van der Waals surface area contributed by atoms with Gasteiger partial charge in [0.05, 0.1) is 0 Å². The van der Waals surface area contributed by atoms with Gasteiger partial charge in [-0.15, -0.1) is 11.8 Å². The highest BCUT2D eigenvalue weighted by molar-refractivity contribution is 8.00. The van der Waals surface area contributed by atoms with Gasteiger partial charge in [-0.1, -0.05) is 60.2 Å². The maximum atomic E-state index is 13.5. The van der Waals surface area contributed by atoms with Crippen LogP contribution in [0.25, 0.3) is 10.9 Å². The van der Waals surface area contributed by atoms with Crippen molar-refractivity contribution in [1.82, 2.24) is 4.98 Å². The van der Waals surface area contributed by atoms with Crippen molar-refractivity contribution in [2.75, 3.05) is 10.6 Å². The molecule has 0 saturated carbocycles. The van der Waals surface area contributed by atoms with Gasteiger partial charge in [0, 0.05) is 33.5 Å². The second-order valence-corrected chi connectivity index (χ2v) is 9.71. The number of carbonyl (C=O) groups excluding carboxylic acids is 2. The number of aromatic nitrogens is 1. The van der Waals surface area contributed by atoms with Crippen LogP contribution in [0.4, 0.5) is 11.4 Å². The largest absolute Gasteiger partial charge is 0.361 e. The molecule has 2 amide bonds. The van der Waals surface area contributed by atoms with Crippen molar-refractivity contribution in [3.8, 4) is 0 Å². The molecule has 5 aromatic rings. The third-order valence-electron chi connectivity index (χ3n) is 5.79. The highest BCUT2D eigenvalue weighted by Crippen LogP contribution is 2.37. The number of hydrogen-bond acceptors (Lipinski definition) is 3. The summed E-state index contributed by atoms with van der Waals surface area (Å²) in [5.41, 5.74) is 4.91. The van der Waals surface area contributed by atoms with Gasteiger partial charge < -0.3 is 15.6 Å². The molecule has 0 saturated heterocycles. The van der Waals surface area contributed by atoms with E-state index in [4.69, 9.17) is 0 Å². The van der Waals surface area contributed by atoms with Gasteiger partial charge in [0.15, 0.2) is 0 Å². The first kappa shape index (κ1) is 23.5. The molecule has 5 nitrogen and oxygen atoms in total. The Balaban J connectivity index is 1.36. The maximum Gasteiger partial charge on any atom is 0.255 e. The zero-order valence-electron chi connectivity index (χ0n) is 19.7. The molecular formula is C30H25N3O2S. The number of anilines is 2. The predicted molar refractivity (Wildman–Crippen MR) is 148 cm³/mol. The SMILES string of the molecule is Cc1cccc(C(=O)Nc2cccc(SC(C(=O)Nc3ccc4cc[nH]c4c3)c3ccccc3)c2)c1. The summed E-state index contributed by atoms with van der Waals surface area (Å²) < 4.78 is 0. The summed E-state index contributed by atoms with van der Waals surface area (Å²) in [6, 6.07) is 32.6. The molecule has 0 aliphatic heterocycles.